The Morgan fingerprint density at radius 1 is 0.941 bits per heavy atom. The lowest BCUT2D eigenvalue weighted by atomic mass is 9.95. The molecule has 1 saturated heterocycles. The van der Waals surface area contributed by atoms with Crippen molar-refractivity contribution in [3.63, 3.8) is 0 Å². The van der Waals surface area contributed by atoms with Crippen LogP contribution in [0.3, 0.4) is 0 Å². The Bertz CT molecular complexity index is 1760. The van der Waals surface area contributed by atoms with Gasteiger partial charge in [-0.25, -0.2) is 9.97 Å². The first kappa shape index (κ1) is 37.7. The maximum atomic E-state index is 13.8. The zero-order valence-corrected chi connectivity index (χ0v) is 31.2. The van der Waals surface area contributed by atoms with E-state index in [1.54, 1.807) is 11.0 Å². The number of aromatic nitrogens is 2. The maximum absolute atomic E-state index is 13.8. The first-order chi connectivity index (χ1) is 24.4. The highest BCUT2D eigenvalue weighted by Gasteiger charge is 2.33. The van der Waals surface area contributed by atoms with E-state index in [0.29, 0.717) is 36.6 Å². The monoisotopic (exact) mass is 710 g/mol. The highest BCUT2D eigenvalue weighted by molar-refractivity contribution is 7.14. The van der Waals surface area contributed by atoms with Crippen molar-refractivity contribution in [1.82, 2.24) is 20.2 Å². The summed E-state index contributed by atoms with van der Waals surface area (Å²) in [5, 5.41) is 12.3. The number of nitrogens with zero attached hydrogens (tertiary/aromatic N) is 3. The molecule has 2 aromatic heterocycles. The second kappa shape index (κ2) is 17.1. The Morgan fingerprint density at radius 3 is 2.25 bits per heavy atom. The van der Waals surface area contributed by atoms with E-state index in [1.165, 1.54) is 24.2 Å². The normalized spacial score (nSPS) is 15.2. The number of ether oxygens (including phenoxy) is 1. The third-order valence-electron chi connectivity index (χ3n) is 9.17. The molecule has 5 rings (SSSR count). The predicted octanol–water partition coefficient (Wildman–Crippen LogP) is 8.04. The second-order valence-corrected chi connectivity index (χ2v) is 16.0. The zero-order chi connectivity index (χ0) is 36.5. The fourth-order valence-corrected chi connectivity index (χ4v) is 7.17. The smallest absolute Gasteiger partial charge is 0.303 e. The van der Waals surface area contributed by atoms with Crippen LogP contribution in [0.2, 0.25) is 0 Å². The van der Waals surface area contributed by atoms with Gasteiger partial charge in [0.1, 0.15) is 11.8 Å². The number of unbranched alkanes of at least 4 members (excludes halogenated alkanes) is 1. The lowest BCUT2D eigenvalue weighted by molar-refractivity contribution is -0.138. The quantitative estimate of drug-likeness (QED) is 0.120. The summed E-state index contributed by atoms with van der Waals surface area (Å²) >= 11 is 1.43. The van der Waals surface area contributed by atoms with Gasteiger partial charge in [0, 0.05) is 54.3 Å². The van der Waals surface area contributed by atoms with E-state index in [4.69, 9.17) is 4.74 Å². The van der Waals surface area contributed by atoms with E-state index in [2.05, 4.69) is 49.9 Å². The van der Waals surface area contributed by atoms with Gasteiger partial charge < -0.3 is 20.1 Å². The largest absolute Gasteiger partial charge is 0.494 e. The molecule has 2 aromatic carbocycles. The SMILES string of the molecule is CC(C)CCCCOc1ccc(-c2cnc(-c3ccc(C[C@H](NC(=O)c4ccc(C(C)(C)C)s4)C(=O)N4CC[C@H](CC(=O)O)C4)cc3)nc2)cc1. The lowest BCUT2D eigenvalue weighted by Crippen LogP contribution is -2.49. The Morgan fingerprint density at radius 2 is 1.63 bits per heavy atom. The molecule has 2 N–H and O–H groups in total. The minimum absolute atomic E-state index is 0.0239. The molecule has 1 aliphatic rings. The molecular weight excluding hydrogens is 661 g/mol. The minimum Gasteiger partial charge on any atom is -0.494 e. The van der Waals surface area contributed by atoms with E-state index in [-0.39, 0.29) is 29.6 Å². The number of benzene rings is 2. The Hall–Kier alpha value is -4.57. The summed E-state index contributed by atoms with van der Waals surface area (Å²) in [6.45, 7) is 12.3. The summed E-state index contributed by atoms with van der Waals surface area (Å²) in [6.07, 6.45) is 8.01. The molecule has 0 radical (unpaired) electrons. The number of hydrogen-bond donors (Lipinski definition) is 2. The zero-order valence-electron chi connectivity index (χ0n) is 30.4. The van der Waals surface area contributed by atoms with Crippen LogP contribution in [0, 0.1) is 11.8 Å². The fraction of sp³-hybridized carbons (Fsp3) is 0.439. The van der Waals surface area contributed by atoms with Crippen LogP contribution in [0.15, 0.2) is 73.1 Å². The molecular formula is C41H50N4O5S. The Balaban J connectivity index is 1.23. The molecule has 270 valence electrons. The summed E-state index contributed by atoms with van der Waals surface area (Å²) < 4.78 is 5.90. The number of carboxylic acids is 1. The number of nitrogens with one attached hydrogen (secondary N) is 1. The molecule has 0 unspecified atom stereocenters. The van der Waals surface area contributed by atoms with E-state index < -0.39 is 12.0 Å². The summed E-state index contributed by atoms with van der Waals surface area (Å²) in [4.78, 5) is 51.1. The summed E-state index contributed by atoms with van der Waals surface area (Å²) in [5.74, 6) is 0.702. The molecule has 2 atom stereocenters. The molecule has 2 amide bonds. The molecule has 3 heterocycles. The number of hydrogen-bond acceptors (Lipinski definition) is 7. The van der Waals surface area contributed by atoms with Crippen molar-refractivity contribution in [3.8, 4) is 28.3 Å². The molecule has 0 saturated carbocycles. The molecule has 9 nitrogen and oxygen atoms in total. The third-order valence-corrected chi connectivity index (χ3v) is 10.7. The van der Waals surface area contributed by atoms with Crippen LogP contribution < -0.4 is 10.1 Å². The van der Waals surface area contributed by atoms with Gasteiger partial charge in [-0.05, 0) is 71.9 Å². The predicted molar refractivity (Wildman–Crippen MR) is 202 cm³/mol. The van der Waals surface area contributed by atoms with Crippen molar-refractivity contribution in [3.05, 3.63) is 88.4 Å². The van der Waals surface area contributed by atoms with Gasteiger partial charge in [0.05, 0.1) is 11.5 Å². The average Bonchev–Trinajstić information content (AvgIpc) is 3.79. The summed E-state index contributed by atoms with van der Waals surface area (Å²) in [5.41, 5.74) is 3.53. The molecule has 1 aliphatic heterocycles. The van der Waals surface area contributed by atoms with Crippen molar-refractivity contribution in [2.24, 2.45) is 11.8 Å². The summed E-state index contributed by atoms with van der Waals surface area (Å²) in [7, 11) is 0. The van der Waals surface area contributed by atoms with Crippen LogP contribution in [0.5, 0.6) is 5.75 Å². The molecule has 10 heteroatoms. The maximum Gasteiger partial charge on any atom is 0.303 e. The number of amides is 2. The molecule has 1 fully saturated rings. The number of aliphatic carboxylic acids is 1. The third kappa shape index (κ3) is 10.7. The standard InChI is InChI=1S/C41H50N4O5S/c1-27(2)8-6-7-21-50-33-15-13-30(14-16-33)32-24-42-38(43-25-32)31-11-9-28(10-12-31)22-34(40(49)45-20-19-29(26-45)23-37(46)47)44-39(48)35-17-18-36(51-35)41(3,4)5/h9-18,24-25,27,29,34H,6-8,19-23,26H2,1-5H3,(H,44,48)(H,46,47)/t29-,34+/m1/s1. The van der Waals surface area contributed by atoms with Crippen LogP contribution in [0.25, 0.3) is 22.5 Å². The van der Waals surface area contributed by atoms with Crippen molar-refractivity contribution >= 4 is 29.1 Å². The number of likely N-dealkylation sites (tertiary alicyclic amines) is 1. The highest BCUT2D eigenvalue weighted by atomic mass is 32.1. The number of carbonyl (C=O) groups excluding carboxylic acids is 2. The van der Waals surface area contributed by atoms with Gasteiger partial charge in [-0.1, -0.05) is 77.4 Å². The topological polar surface area (TPSA) is 122 Å². The Labute approximate surface area is 305 Å². The van der Waals surface area contributed by atoms with Gasteiger partial charge in [0.15, 0.2) is 5.82 Å². The first-order valence-corrected chi connectivity index (χ1v) is 18.7. The van der Waals surface area contributed by atoms with Crippen LogP contribution in [0.1, 0.15) is 86.8 Å². The highest BCUT2D eigenvalue weighted by Crippen LogP contribution is 2.30. The van der Waals surface area contributed by atoms with Crippen molar-refractivity contribution in [2.75, 3.05) is 19.7 Å². The van der Waals surface area contributed by atoms with Crippen LogP contribution >= 0.6 is 11.3 Å². The van der Waals surface area contributed by atoms with Gasteiger partial charge in [0.25, 0.3) is 5.91 Å². The van der Waals surface area contributed by atoms with E-state index in [0.717, 1.165) is 51.8 Å². The van der Waals surface area contributed by atoms with Crippen LogP contribution in [-0.4, -0.2) is 63.5 Å². The number of carboxylic acid groups (broad SMARTS) is 1. The average molecular weight is 711 g/mol. The molecule has 4 aromatic rings. The van der Waals surface area contributed by atoms with E-state index in [9.17, 15) is 19.5 Å². The number of rotatable bonds is 15. The van der Waals surface area contributed by atoms with Crippen molar-refractivity contribution < 1.29 is 24.2 Å². The summed E-state index contributed by atoms with van der Waals surface area (Å²) in [6, 6.07) is 18.7. The molecule has 0 spiro atoms. The van der Waals surface area contributed by atoms with E-state index >= 15 is 0 Å². The minimum atomic E-state index is -0.868. The second-order valence-electron chi connectivity index (χ2n) is 14.9. The first-order valence-electron chi connectivity index (χ1n) is 17.9. The van der Waals surface area contributed by atoms with Crippen LogP contribution in [-0.2, 0) is 21.4 Å². The van der Waals surface area contributed by atoms with E-state index in [1.807, 2.05) is 67.0 Å². The van der Waals surface area contributed by atoms with Crippen molar-refractivity contribution in [1.29, 1.82) is 0 Å². The van der Waals surface area contributed by atoms with Gasteiger partial charge in [-0.2, -0.15) is 0 Å². The van der Waals surface area contributed by atoms with Gasteiger partial charge in [-0.3, -0.25) is 14.4 Å². The van der Waals surface area contributed by atoms with Gasteiger partial charge >= 0.3 is 5.97 Å². The fourth-order valence-electron chi connectivity index (χ4n) is 6.20. The molecule has 0 aliphatic carbocycles. The van der Waals surface area contributed by atoms with Gasteiger partial charge in [0.2, 0.25) is 5.91 Å². The van der Waals surface area contributed by atoms with Crippen LogP contribution in [0.4, 0.5) is 0 Å². The lowest BCUT2D eigenvalue weighted by Gasteiger charge is -2.24. The van der Waals surface area contributed by atoms with Gasteiger partial charge in [-0.15, -0.1) is 11.3 Å². The Kier molecular flexibility index (Phi) is 12.6. The molecule has 0 bridgehead atoms. The number of thiophene rings is 1. The number of carbonyl (C=O) groups is 3. The molecule has 51 heavy (non-hydrogen) atoms. The van der Waals surface area contributed by atoms with Crippen molar-refractivity contribution in [2.45, 2.75) is 84.6 Å².